The molecule has 0 aliphatic rings. The van der Waals surface area contributed by atoms with Crippen molar-refractivity contribution in [3.05, 3.63) is 18.0 Å². The summed E-state index contributed by atoms with van der Waals surface area (Å²) in [6, 6.07) is 2.02. The molecule has 0 aliphatic carbocycles. The average Bonchev–Trinajstić information content (AvgIpc) is 2.82. The Balaban J connectivity index is 2.96. The van der Waals surface area contributed by atoms with E-state index in [9.17, 15) is 4.79 Å². The Morgan fingerprint density at radius 3 is 2.35 bits per heavy atom. The topological polar surface area (TPSA) is 51.3 Å². The van der Waals surface area contributed by atoms with E-state index >= 15 is 0 Å². The Morgan fingerprint density at radius 1 is 1.30 bits per heavy atom. The smallest absolute Gasteiger partial charge is 0.270 e. The SMILES string of the molecule is CCC(CC)CN(CC)C(=O)c1cc(N)cn1C(C)C. The van der Waals surface area contributed by atoms with Gasteiger partial charge in [0.1, 0.15) is 5.69 Å². The van der Waals surface area contributed by atoms with Crippen molar-refractivity contribution in [2.75, 3.05) is 18.8 Å². The van der Waals surface area contributed by atoms with Gasteiger partial charge in [-0.3, -0.25) is 4.79 Å². The Bertz CT molecular complexity index is 433. The van der Waals surface area contributed by atoms with Crippen molar-refractivity contribution in [1.29, 1.82) is 0 Å². The lowest BCUT2D eigenvalue weighted by molar-refractivity contribution is 0.0722. The van der Waals surface area contributed by atoms with Crippen LogP contribution in [0, 0.1) is 5.92 Å². The molecule has 1 rings (SSSR count). The van der Waals surface area contributed by atoms with Crippen LogP contribution in [-0.4, -0.2) is 28.5 Å². The van der Waals surface area contributed by atoms with Gasteiger partial charge in [0.25, 0.3) is 5.91 Å². The number of hydrogen-bond donors (Lipinski definition) is 1. The summed E-state index contributed by atoms with van der Waals surface area (Å²) in [5.74, 6) is 0.656. The summed E-state index contributed by atoms with van der Waals surface area (Å²) in [5, 5.41) is 0. The van der Waals surface area contributed by atoms with Crippen LogP contribution in [-0.2, 0) is 0 Å². The number of amides is 1. The van der Waals surface area contributed by atoms with Crippen molar-refractivity contribution in [3.8, 4) is 0 Å². The van der Waals surface area contributed by atoms with Crippen LogP contribution >= 0.6 is 0 Å². The van der Waals surface area contributed by atoms with Gasteiger partial charge < -0.3 is 15.2 Å². The molecule has 1 aromatic heterocycles. The van der Waals surface area contributed by atoms with Gasteiger partial charge in [0.15, 0.2) is 0 Å². The van der Waals surface area contributed by atoms with Gasteiger partial charge in [0.2, 0.25) is 0 Å². The second-order valence-corrected chi connectivity index (χ2v) is 5.69. The number of rotatable bonds is 7. The number of hydrogen-bond acceptors (Lipinski definition) is 2. The summed E-state index contributed by atoms with van der Waals surface area (Å²) in [4.78, 5) is 14.7. The molecular weight excluding hydrogens is 250 g/mol. The maximum absolute atomic E-state index is 12.7. The van der Waals surface area contributed by atoms with Crippen molar-refractivity contribution >= 4 is 11.6 Å². The normalized spacial score (nSPS) is 11.3. The van der Waals surface area contributed by atoms with E-state index in [1.165, 1.54) is 0 Å². The zero-order valence-electron chi connectivity index (χ0n) is 13.5. The predicted molar refractivity (Wildman–Crippen MR) is 84.9 cm³/mol. The van der Waals surface area contributed by atoms with Gasteiger partial charge in [-0.15, -0.1) is 0 Å². The summed E-state index contributed by atoms with van der Waals surface area (Å²) in [7, 11) is 0. The molecule has 0 atom stereocenters. The first-order chi connectivity index (χ1) is 9.44. The monoisotopic (exact) mass is 279 g/mol. The Morgan fingerprint density at radius 2 is 1.90 bits per heavy atom. The second-order valence-electron chi connectivity index (χ2n) is 5.69. The van der Waals surface area contributed by atoms with Crippen molar-refractivity contribution in [1.82, 2.24) is 9.47 Å². The van der Waals surface area contributed by atoms with Crippen LogP contribution in [0.4, 0.5) is 5.69 Å². The van der Waals surface area contributed by atoms with Crippen molar-refractivity contribution < 1.29 is 4.79 Å². The summed E-state index contributed by atoms with van der Waals surface area (Å²) >= 11 is 0. The molecule has 0 unspecified atom stereocenters. The number of nitrogen functional groups attached to an aromatic ring is 1. The highest BCUT2D eigenvalue weighted by Crippen LogP contribution is 2.19. The summed E-state index contributed by atoms with van der Waals surface area (Å²) in [6.07, 6.45) is 4.06. The number of anilines is 1. The molecule has 2 N–H and O–H groups in total. The quantitative estimate of drug-likeness (QED) is 0.830. The highest BCUT2D eigenvalue weighted by atomic mass is 16.2. The second kappa shape index (κ2) is 7.36. The third-order valence-corrected chi connectivity index (χ3v) is 3.95. The maximum Gasteiger partial charge on any atom is 0.270 e. The minimum absolute atomic E-state index is 0.0878. The molecule has 0 spiro atoms. The van der Waals surface area contributed by atoms with Gasteiger partial charge in [-0.05, 0) is 32.8 Å². The van der Waals surface area contributed by atoms with Crippen molar-refractivity contribution in [2.24, 2.45) is 5.92 Å². The summed E-state index contributed by atoms with van der Waals surface area (Å²) in [5.41, 5.74) is 7.21. The fraction of sp³-hybridized carbons (Fsp3) is 0.688. The van der Waals surface area contributed by atoms with E-state index in [1.54, 1.807) is 6.07 Å². The average molecular weight is 279 g/mol. The summed E-state index contributed by atoms with van der Waals surface area (Å²) < 4.78 is 1.97. The van der Waals surface area contributed by atoms with E-state index in [0.29, 0.717) is 17.3 Å². The van der Waals surface area contributed by atoms with Gasteiger partial charge >= 0.3 is 0 Å². The van der Waals surface area contributed by atoms with Gasteiger partial charge in [0.05, 0.1) is 5.69 Å². The lowest BCUT2D eigenvalue weighted by Gasteiger charge is -2.26. The molecular formula is C16H29N3O. The number of aromatic nitrogens is 1. The van der Waals surface area contributed by atoms with E-state index in [-0.39, 0.29) is 11.9 Å². The molecule has 1 heterocycles. The highest BCUT2D eigenvalue weighted by Gasteiger charge is 2.21. The van der Waals surface area contributed by atoms with E-state index < -0.39 is 0 Å². The fourth-order valence-corrected chi connectivity index (χ4v) is 2.48. The minimum atomic E-state index is 0.0878. The molecule has 1 aromatic rings. The van der Waals surface area contributed by atoms with E-state index in [1.807, 2.05) is 22.6 Å². The first kappa shape index (κ1) is 16.6. The van der Waals surface area contributed by atoms with Crippen LogP contribution in [0.3, 0.4) is 0 Å². The Labute approximate surface area is 122 Å². The predicted octanol–water partition coefficient (Wildman–Crippen LogP) is 3.55. The fourth-order valence-electron chi connectivity index (χ4n) is 2.48. The highest BCUT2D eigenvalue weighted by molar-refractivity contribution is 5.94. The van der Waals surface area contributed by atoms with Crippen molar-refractivity contribution in [2.45, 2.75) is 53.5 Å². The van der Waals surface area contributed by atoms with Crippen molar-refractivity contribution in [3.63, 3.8) is 0 Å². The number of nitrogens with two attached hydrogens (primary N) is 1. The molecule has 0 fully saturated rings. The first-order valence-electron chi connectivity index (χ1n) is 7.71. The lowest BCUT2D eigenvalue weighted by atomic mass is 10.0. The molecule has 0 bridgehead atoms. The molecule has 0 saturated carbocycles. The van der Waals surface area contributed by atoms with E-state index in [2.05, 4.69) is 27.7 Å². The minimum Gasteiger partial charge on any atom is -0.397 e. The maximum atomic E-state index is 12.7. The van der Waals surface area contributed by atoms with Crippen LogP contribution in [0.5, 0.6) is 0 Å². The van der Waals surface area contributed by atoms with Gasteiger partial charge in [-0.25, -0.2) is 0 Å². The third-order valence-electron chi connectivity index (χ3n) is 3.95. The molecule has 4 heteroatoms. The Hall–Kier alpha value is -1.45. The van der Waals surface area contributed by atoms with Crippen LogP contribution in [0.1, 0.15) is 64.0 Å². The van der Waals surface area contributed by atoms with Gasteiger partial charge in [0, 0.05) is 25.3 Å². The van der Waals surface area contributed by atoms with Gasteiger partial charge in [-0.2, -0.15) is 0 Å². The summed E-state index contributed by atoms with van der Waals surface area (Å²) in [6.45, 7) is 12.1. The zero-order valence-corrected chi connectivity index (χ0v) is 13.5. The van der Waals surface area contributed by atoms with Crippen LogP contribution < -0.4 is 5.73 Å². The standard InChI is InChI=1S/C16H29N3O/c1-6-13(7-2)10-18(8-3)16(20)15-9-14(17)11-19(15)12(4)5/h9,11-13H,6-8,10,17H2,1-5H3. The molecule has 0 aromatic carbocycles. The van der Waals surface area contributed by atoms with E-state index in [0.717, 1.165) is 25.9 Å². The molecule has 114 valence electrons. The molecule has 0 saturated heterocycles. The molecule has 0 radical (unpaired) electrons. The molecule has 4 nitrogen and oxygen atoms in total. The number of carbonyl (C=O) groups excluding carboxylic acids is 1. The number of nitrogens with zero attached hydrogens (tertiary/aromatic N) is 2. The van der Waals surface area contributed by atoms with E-state index in [4.69, 9.17) is 5.73 Å². The number of carbonyl (C=O) groups is 1. The third kappa shape index (κ3) is 3.78. The van der Waals surface area contributed by atoms with Crippen LogP contribution in [0.25, 0.3) is 0 Å². The van der Waals surface area contributed by atoms with Crippen LogP contribution in [0.2, 0.25) is 0 Å². The largest absolute Gasteiger partial charge is 0.397 e. The molecule has 1 amide bonds. The van der Waals surface area contributed by atoms with Crippen LogP contribution in [0.15, 0.2) is 12.3 Å². The molecule has 20 heavy (non-hydrogen) atoms. The first-order valence-corrected chi connectivity index (χ1v) is 7.71. The van der Waals surface area contributed by atoms with Gasteiger partial charge in [-0.1, -0.05) is 26.7 Å². The molecule has 0 aliphatic heterocycles. The lowest BCUT2D eigenvalue weighted by Crippen LogP contribution is -2.36. The zero-order chi connectivity index (χ0) is 15.3. The Kier molecular flexibility index (Phi) is 6.11.